The predicted molar refractivity (Wildman–Crippen MR) is 102 cm³/mol. The predicted octanol–water partition coefficient (Wildman–Crippen LogP) is 5.50. The van der Waals surface area contributed by atoms with E-state index in [0.717, 1.165) is 11.3 Å². The van der Waals surface area contributed by atoms with Crippen molar-refractivity contribution in [1.82, 2.24) is 0 Å². The summed E-state index contributed by atoms with van der Waals surface area (Å²) < 4.78 is 17.5. The third-order valence-corrected chi connectivity index (χ3v) is 4.54. The number of rotatable bonds is 5. The van der Waals surface area contributed by atoms with Crippen molar-refractivity contribution in [2.45, 2.75) is 12.4 Å². The molecular weight excluding hydrogens is 348 g/mol. The maximum Gasteiger partial charge on any atom is 0.184 e. The van der Waals surface area contributed by atoms with Crippen LogP contribution >= 0.6 is 11.6 Å². The second-order valence-corrected chi connectivity index (χ2v) is 6.61. The highest BCUT2D eigenvalue weighted by Crippen LogP contribution is 2.29. The lowest BCUT2D eigenvalue weighted by Crippen LogP contribution is -2.19. The van der Waals surface area contributed by atoms with Gasteiger partial charge < -0.3 is 14.2 Å². The maximum absolute atomic E-state index is 5.97. The zero-order chi connectivity index (χ0) is 17.8. The van der Waals surface area contributed by atoms with E-state index in [0.29, 0.717) is 18.2 Å². The molecule has 0 radical (unpaired) electrons. The second-order valence-electron chi connectivity index (χ2n) is 6.18. The number of halogens is 1. The fourth-order valence-corrected chi connectivity index (χ4v) is 3.02. The van der Waals surface area contributed by atoms with Crippen LogP contribution in [0.4, 0.5) is 0 Å². The molecule has 0 bridgehead atoms. The molecule has 4 rings (SSSR count). The minimum atomic E-state index is -0.348. The molecule has 1 fully saturated rings. The molecule has 1 aliphatic heterocycles. The lowest BCUT2D eigenvalue weighted by atomic mass is 10.0. The van der Waals surface area contributed by atoms with E-state index in [1.54, 1.807) is 12.1 Å². The van der Waals surface area contributed by atoms with Crippen LogP contribution in [0.5, 0.6) is 5.75 Å². The molecule has 1 saturated heterocycles. The molecule has 132 valence electrons. The number of hydrogen-bond donors (Lipinski definition) is 0. The van der Waals surface area contributed by atoms with Crippen molar-refractivity contribution >= 4 is 11.6 Å². The van der Waals surface area contributed by atoms with Crippen LogP contribution in [-0.2, 0) is 9.47 Å². The van der Waals surface area contributed by atoms with Crippen LogP contribution in [0.15, 0.2) is 78.9 Å². The lowest BCUT2D eigenvalue weighted by Gasteiger charge is -2.13. The van der Waals surface area contributed by atoms with Gasteiger partial charge >= 0.3 is 0 Å². The van der Waals surface area contributed by atoms with Crippen molar-refractivity contribution < 1.29 is 14.2 Å². The number of hydrogen-bond acceptors (Lipinski definition) is 3. The summed E-state index contributed by atoms with van der Waals surface area (Å²) in [5, 5.41) is 0.691. The van der Waals surface area contributed by atoms with Gasteiger partial charge in [0.1, 0.15) is 18.5 Å². The topological polar surface area (TPSA) is 27.7 Å². The van der Waals surface area contributed by atoms with Gasteiger partial charge in [-0.2, -0.15) is 0 Å². The first-order valence-corrected chi connectivity index (χ1v) is 8.96. The van der Waals surface area contributed by atoms with Crippen LogP contribution in [0.25, 0.3) is 11.1 Å². The fourth-order valence-electron chi connectivity index (χ4n) is 2.89. The van der Waals surface area contributed by atoms with Crippen molar-refractivity contribution in [2.75, 3.05) is 13.2 Å². The monoisotopic (exact) mass is 366 g/mol. The van der Waals surface area contributed by atoms with Gasteiger partial charge in [0.05, 0.1) is 6.61 Å². The zero-order valence-corrected chi connectivity index (χ0v) is 14.9. The summed E-state index contributed by atoms with van der Waals surface area (Å²) in [5.74, 6) is 0.772. The van der Waals surface area contributed by atoms with E-state index in [4.69, 9.17) is 25.8 Å². The Hall–Kier alpha value is -2.33. The Morgan fingerprint density at radius 3 is 2.27 bits per heavy atom. The molecule has 3 nitrogen and oxygen atoms in total. The standard InChI is InChI=1S/C22H19ClO3/c23-19-10-12-20(13-11-19)24-14-21-15-25-22(26-21)18-8-6-17(7-9-18)16-4-2-1-3-5-16/h1-13,21-22H,14-15H2/t21-,22+/m1/s1. The van der Waals surface area contributed by atoms with E-state index in [2.05, 4.69) is 36.4 Å². The molecule has 4 heteroatoms. The Kier molecular flexibility index (Phi) is 5.21. The number of benzene rings is 3. The molecule has 1 heterocycles. The molecule has 0 saturated carbocycles. The fraction of sp³-hybridized carbons (Fsp3) is 0.182. The summed E-state index contributed by atoms with van der Waals surface area (Å²) >= 11 is 5.88. The minimum absolute atomic E-state index is 0.0931. The van der Waals surface area contributed by atoms with E-state index in [9.17, 15) is 0 Å². The van der Waals surface area contributed by atoms with Crippen LogP contribution in [0.3, 0.4) is 0 Å². The smallest absolute Gasteiger partial charge is 0.184 e. The summed E-state index contributed by atoms with van der Waals surface area (Å²) in [6, 6.07) is 25.9. The highest BCUT2D eigenvalue weighted by atomic mass is 35.5. The zero-order valence-electron chi connectivity index (χ0n) is 14.2. The molecule has 0 spiro atoms. The Morgan fingerprint density at radius 1 is 0.846 bits per heavy atom. The Balaban J connectivity index is 1.34. The van der Waals surface area contributed by atoms with Crippen molar-refractivity contribution in [3.05, 3.63) is 89.4 Å². The molecule has 0 aromatic heterocycles. The van der Waals surface area contributed by atoms with E-state index in [1.807, 2.05) is 30.3 Å². The van der Waals surface area contributed by atoms with Gasteiger partial charge in [-0.1, -0.05) is 66.2 Å². The number of ether oxygens (including phenoxy) is 3. The average molecular weight is 367 g/mol. The Morgan fingerprint density at radius 2 is 1.54 bits per heavy atom. The quantitative estimate of drug-likeness (QED) is 0.596. The first-order chi connectivity index (χ1) is 12.8. The molecule has 1 aliphatic rings. The molecule has 3 aromatic carbocycles. The first kappa shape index (κ1) is 17.1. The van der Waals surface area contributed by atoms with Gasteiger partial charge in [-0.05, 0) is 35.4 Å². The normalized spacial score (nSPS) is 19.4. The summed E-state index contributed by atoms with van der Waals surface area (Å²) in [6.45, 7) is 0.957. The molecule has 0 aliphatic carbocycles. The molecule has 0 amide bonds. The van der Waals surface area contributed by atoms with Crippen molar-refractivity contribution in [1.29, 1.82) is 0 Å². The summed E-state index contributed by atoms with van der Waals surface area (Å²) in [6.07, 6.45) is -0.442. The van der Waals surface area contributed by atoms with Gasteiger partial charge in [0.25, 0.3) is 0 Å². The van der Waals surface area contributed by atoms with Crippen molar-refractivity contribution in [3.63, 3.8) is 0 Å². The third kappa shape index (κ3) is 4.07. The summed E-state index contributed by atoms with van der Waals surface area (Å²) in [4.78, 5) is 0. The van der Waals surface area contributed by atoms with Crippen LogP contribution in [0.1, 0.15) is 11.9 Å². The maximum atomic E-state index is 5.97. The summed E-state index contributed by atoms with van der Waals surface area (Å²) in [7, 11) is 0. The highest BCUT2D eigenvalue weighted by molar-refractivity contribution is 6.30. The Labute approximate surface area is 158 Å². The van der Waals surface area contributed by atoms with Gasteiger partial charge in [-0.25, -0.2) is 0 Å². The average Bonchev–Trinajstić information content (AvgIpc) is 3.17. The van der Waals surface area contributed by atoms with Gasteiger partial charge in [-0.3, -0.25) is 0 Å². The van der Waals surface area contributed by atoms with E-state index in [1.165, 1.54) is 11.1 Å². The van der Waals surface area contributed by atoms with Gasteiger partial charge in [0.2, 0.25) is 0 Å². The largest absolute Gasteiger partial charge is 0.491 e. The van der Waals surface area contributed by atoms with E-state index >= 15 is 0 Å². The van der Waals surface area contributed by atoms with Gasteiger partial charge in [-0.15, -0.1) is 0 Å². The van der Waals surface area contributed by atoms with Gasteiger partial charge in [0, 0.05) is 10.6 Å². The molecule has 2 atom stereocenters. The van der Waals surface area contributed by atoms with Crippen LogP contribution < -0.4 is 4.74 Å². The molecule has 0 unspecified atom stereocenters. The van der Waals surface area contributed by atoms with Crippen LogP contribution in [-0.4, -0.2) is 19.3 Å². The Bertz CT molecular complexity index is 832. The molecular formula is C22H19ClO3. The molecule has 3 aromatic rings. The van der Waals surface area contributed by atoms with E-state index in [-0.39, 0.29) is 12.4 Å². The van der Waals surface area contributed by atoms with Crippen molar-refractivity contribution in [2.24, 2.45) is 0 Å². The SMILES string of the molecule is Clc1ccc(OC[C@@H]2CO[C@H](c3ccc(-c4ccccc4)cc3)O2)cc1. The molecule has 26 heavy (non-hydrogen) atoms. The van der Waals surface area contributed by atoms with Crippen molar-refractivity contribution in [3.8, 4) is 16.9 Å². The molecule has 0 N–H and O–H groups in total. The second kappa shape index (κ2) is 7.92. The minimum Gasteiger partial charge on any atom is -0.491 e. The third-order valence-electron chi connectivity index (χ3n) is 4.29. The first-order valence-electron chi connectivity index (χ1n) is 8.59. The van der Waals surface area contributed by atoms with E-state index < -0.39 is 0 Å². The lowest BCUT2D eigenvalue weighted by molar-refractivity contribution is -0.0659. The van der Waals surface area contributed by atoms with Crippen LogP contribution in [0, 0.1) is 0 Å². The highest BCUT2D eigenvalue weighted by Gasteiger charge is 2.27. The van der Waals surface area contributed by atoms with Crippen LogP contribution in [0.2, 0.25) is 5.02 Å². The van der Waals surface area contributed by atoms with Gasteiger partial charge in [0.15, 0.2) is 6.29 Å². The summed E-state index contributed by atoms with van der Waals surface area (Å²) in [5.41, 5.74) is 3.38.